The maximum atomic E-state index is 4.67. The number of aryl methyl sites for hydroxylation is 2. The summed E-state index contributed by atoms with van der Waals surface area (Å²) >= 11 is 1.79. The van der Waals surface area contributed by atoms with Crippen molar-refractivity contribution in [3.8, 4) is 0 Å². The second-order valence-corrected chi connectivity index (χ2v) is 7.21. The van der Waals surface area contributed by atoms with Crippen LogP contribution in [0.2, 0.25) is 0 Å². The van der Waals surface area contributed by atoms with Crippen LogP contribution in [0.15, 0.2) is 4.99 Å². The zero-order valence-corrected chi connectivity index (χ0v) is 19.7. The second kappa shape index (κ2) is 14.7. The first-order valence-electron chi connectivity index (χ1n) is 9.28. The SMILES string of the molecule is CCNC(=NCCCCN(CC)CC)NCCc1nc(C)c(C)s1.I. The van der Waals surface area contributed by atoms with Crippen molar-refractivity contribution in [1.29, 1.82) is 0 Å². The lowest BCUT2D eigenvalue weighted by Crippen LogP contribution is -2.38. The molecule has 1 aromatic heterocycles. The van der Waals surface area contributed by atoms with Crippen LogP contribution in [-0.4, -0.2) is 55.1 Å². The standard InChI is InChI=1S/C18H35N5S.HI/c1-6-19-18(20-12-9-10-14-23(7-2)8-3)21-13-11-17-22-15(4)16(5)24-17;/h6-14H2,1-5H3,(H2,19,20,21);1H. The topological polar surface area (TPSA) is 52.6 Å². The fourth-order valence-electron chi connectivity index (χ4n) is 2.45. The molecule has 0 aliphatic heterocycles. The van der Waals surface area contributed by atoms with Crippen molar-refractivity contribution < 1.29 is 0 Å². The second-order valence-electron chi connectivity index (χ2n) is 5.92. The number of aromatic nitrogens is 1. The predicted octanol–water partition coefficient (Wildman–Crippen LogP) is 3.60. The minimum Gasteiger partial charge on any atom is -0.357 e. The minimum atomic E-state index is 0. The number of unbranched alkanes of at least 4 members (excludes halogenated alkanes) is 1. The quantitative estimate of drug-likeness (QED) is 0.220. The van der Waals surface area contributed by atoms with E-state index in [1.54, 1.807) is 11.3 Å². The van der Waals surface area contributed by atoms with Crippen LogP contribution < -0.4 is 10.6 Å². The number of hydrogen-bond acceptors (Lipinski definition) is 4. The van der Waals surface area contributed by atoms with Crippen LogP contribution in [0.4, 0.5) is 0 Å². The summed E-state index contributed by atoms with van der Waals surface area (Å²) in [6.07, 6.45) is 3.30. The predicted molar refractivity (Wildman–Crippen MR) is 122 cm³/mol. The van der Waals surface area contributed by atoms with Crippen LogP contribution in [0.5, 0.6) is 0 Å². The van der Waals surface area contributed by atoms with Crippen molar-refractivity contribution in [2.45, 2.75) is 53.9 Å². The summed E-state index contributed by atoms with van der Waals surface area (Å²) in [6.45, 7) is 16.9. The van der Waals surface area contributed by atoms with Gasteiger partial charge in [-0.25, -0.2) is 4.98 Å². The summed E-state index contributed by atoms with van der Waals surface area (Å²) < 4.78 is 0. The Hall–Kier alpha value is -0.410. The third-order valence-electron chi connectivity index (χ3n) is 4.10. The lowest BCUT2D eigenvalue weighted by atomic mass is 10.3. The molecule has 1 heterocycles. The Morgan fingerprint density at radius 1 is 1.12 bits per heavy atom. The Labute approximate surface area is 175 Å². The van der Waals surface area contributed by atoms with Gasteiger partial charge in [0.1, 0.15) is 0 Å². The van der Waals surface area contributed by atoms with Crippen LogP contribution in [-0.2, 0) is 6.42 Å². The van der Waals surface area contributed by atoms with E-state index < -0.39 is 0 Å². The van der Waals surface area contributed by atoms with E-state index in [2.05, 4.69) is 60.1 Å². The van der Waals surface area contributed by atoms with Gasteiger partial charge >= 0.3 is 0 Å². The summed E-state index contributed by atoms with van der Waals surface area (Å²) in [5.74, 6) is 0.922. The first-order chi connectivity index (χ1) is 11.6. The lowest BCUT2D eigenvalue weighted by molar-refractivity contribution is 0.297. The van der Waals surface area contributed by atoms with E-state index >= 15 is 0 Å². The van der Waals surface area contributed by atoms with E-state index in [0.717, 1.165) is 57.2 Å². The fourth-order valence-corrected chi connectivity index (χ4v) is 3.39. The third kappa shape index (κ3) is 10.4. The number of nitrogens with one attached hydrogen (secondary N) is 2. The highest BCUT2D eigenvalue weighted by molar-refractivity contribution is 14.0. The Morgan fingerprint density at radius 2 is 1.84 bits per heavy atom. The van der Waals surface area contributed by atoms with Gasteiger partial charge in [-0.1, -0.05) is 13.8 Å². The highest BCUT2D eigenvalue weighted by atomic mass is 127. The third-order valence-corrected chi connectivity index (χ3v) is 5.23. The number of aliphatic imine (C=N–C) groups is 1. The highest BCUT2D eigenvalue weighted by Gasteiger charge is 2.04. The molecule has 0 aliphatic rings. The number of rotatable bonds is 11. The molecule has 0 aliphatic carbocycles. The molecule has 0 unspecified atom stereocenters. The Bertz CT molecular complexity index is 466. The molecule has 25 heavy (non-hydrogen) atoms. The number of halogens is 1. The maximum Gasteiger partial charge on any atom is 0.191 e. The van der Waals surface area contributed by atoms with E-state index in [4.69, 9.17) is 0 Å². The Balaban J connectivity index is 0.00000576. The van der Waals surface area contributed by atoms with Crippen molar-refractivity contribution in [3.63, 3.8) is 0 Å². The van der Waals surface area contributed by atoms with Gasteiger partial charge in [0.05, 0.1) is 10.7 Å². The van der Waals surface area contributed by atoms with Gasteiger partial charge in [0.2, 0.25) is 0 Å². The van der Waals surface area contributed by atoms with Gasteiger partial charge in [0.25, 0.3) is 0 Å². The van der Waals surface area contributed by atoms with Crippen molar-refractivity contribution in [1.82, 2.24) is 20.5 Å². The van der Waals surface area contributed by atoms with Gasteiger partial charge in [-0.2, -0.15) is 0 Å². The van der Waals surface area contributed by atoms with E-state index in [-0.39, 0.29) is 24.0 Å². The molecule has 0 atom stereocenters. The summed E-state index contributed by atoms with van der Waals surface area (Å²) in [7, 11) is 0. The molecule has 0 amide bonds. The first-order valence-corrected chi connectivity index (χ1v) is 10.1. The van der Waals surface area contributed by atoms with Crippen LogP contribution >= 0.6 is 35.3 Å². The lowest BCUT2D eigenvalue weighted by Gasteiger charge is -2.17. The van der Waals surface area contributed by atoms with Gasteiger partial charge in [0, 0.05) is 30.9 Å². The van der Waals surface area contributed by atoms with E-state index in [1.807, 2.05) is 0 Å². The zero-order valence-electron chi connectivity index (χ0n) is 16.5. The molecule has 7 heteroatoms. The molecule has 0 saturated heterocycles. The normalized spacial score (nSPS) is 11.5. The molecule has 0 bridgehead atoms. The molecule has 0 saturated carbocycles. The molecule has 1 aromatic rings. The number of thiazole rings is 1. The molecular formula is C18H36IN5S. The number of hydrogen-bond donors (Lipinski definition) is 2. The van der Waals surface area contributed by atoms with Crippen LogP contribution in [0.3, 0.4) is 0 Å². The smallest absolute Gasteiger partial charge is 0.191 e. The Morgan fingerprint density at radius 3 is 2.40 bits per heavy atom. The fraction of sp³-hybridized carbons (Fsp3) is 0.778. The van der Waals surface area contributed by atoms with Crippen LogP contribution in [0.25, 0.3) is 0 Å². The highest BCUT2D eigenvalue weighted by Crippen LogP contribution is 2.16. The Kier molecular flexibility index (Phi) is 14.5. The van der Waals surface area contributed by atoms with Gasteiger partial charge in [0.15, 0.2) is 5.96 Å². The minimum absolute atomic E-state index is 0. The average molecular weight is 481 g/mol. The van der Waals surface area contributed by atoms with E-state index in [0.29, 0.717) is 0 Å². The first kappa shape index (κ1) is 24.6. The maximum absolute atomic E-state index is 4.67. The van der Waals surface area contributed by atoms with Gasteiger partial charge in [-0.05, 0) is 53.2 Å². The molecule has 5 nitrogen and oxygen atoms in total. The number of nitrogens with zero attached hydrogens (tertiary/aromatic N) is 3. The van der Waals surface area contributed by atoms with Gasteiger partial charge in [-0.3, -0.25) is 4.99 Å². The molecule has 2 N–H and O–H groups in total. The molecule has 1 rings (SSSR count). The monoisotopic (exact) mass is 481 g/mol. The molecule has 0 aromatic carbocycles. The summed E-state index contributed by atoms with van der Waals surface area (Å²) in [6, 6.07) is 0. The van der Waals surface area contributed by atoms with Crippen molar-refractivity contribution in [2.24, 2.45) is 4.99 Å². The van der Waals surface area contributed by atoms with Crippen LogP contribution in [0.1, 0.15) is 49.2 Å². The molecular weight excluding hydrogens is 445 g/mol. The molecule has 0 spiro atoms. The van der Waals surface area contributed by atoms with Gasteiger partial charge in [-0.15, -0.1) is 35.3 Å². The van der Waals surface area contributed by atoms with E-state index in [9.17, 15) is 0 Å². The summed E-state index contributed by atoms with van der Waals surface area (Å²) in [4.78, 5) is 13.0. The van der Waals surface area contributed by atoms with Crippen molar-refractivity contribution in [3.05, 3.63) is 15.6 Å². The molecule has 0 radical (unpaired) electrons. The summed E-state index contributed by atoms with van der Waals surface area (Å²) in [5, 5.41) is 7.94. The van der Waals surface area contributed by atoms with Gasteiger partial charge < -0.3 is 15.5 Å². The van der Waals surface area contributed by atoms with Crippen LogP contribution in [0, 0.1) is 13.8 Å². The summed E-state index contributed by atoms with van der Waals surface area (Å²) in [5.41, 5.74) is 1.16. The molecule has 0 fully saturated rings. The number of guanidine groups is 1. The van der Waals surface area contributed by atoms with Crippen molar-refractivity contribution >= 4 is 41.3 Å². The average Bonchev–Trinajstić information content (AvgIpc) is 2.89. The zero-order chi connectivity index (χ0) is 17.8. The van der Waals surface area contributed by atoms with Crippen molar-refractivity contribution in [2.75, 3.05) is 39.3 Å². The largest absolute Gasteiger partial charge is 0.357 e. The van der Waals surface area contributed by atoms with E-state index in [1.165, 1.54) is 22.9 Å². The molecule has 146 valence electrons.